The van der Waals surface area contributed by atoms with E-state index in [1.807, 2.05) is 30.9 Å². The highest BCUT2D eigenvalue weighted by Gasteiger charge is 2.26. The van der Waals surface area contributed by atoms with E-state index < -0.39 is 0 Å². The first-order chi connectivity index (χ1) is 8.61. The summed E-state index contributed by atoms with van der Waals surface area (Å²) in [7, 11) is 0. The molecule has 0 spiro atoms. The van der Waals surface area contributed by atoms with Gasteiger partial charge in [0, 0.05) is 12.1 Å². The van der Waals surface area contributed by atoms with Crippen LogP contribution in [0.15, 0.2) is 18.2 Å². The van der Waals surface area contributed by atoms with E-state index in [1.165, 1.54) is 0 Å². The van der Waals surface area contributed by atoms with E-state index in [4.69, 9.17) is 0 Å². The van der Waals surface area contributed by atoms with Gasteiger partial charge < -0.3 is 10.0 Å². The van der Waals surface area contributed by atoms with E-state index in [1.54, 1.807) is 0 Å². The lowest BCUT2D eigenvalue weighted by atomic mass is 10.00. The van der Waals surface area contributed by atoms with Crippen LogP contribution in [-0.2, 0) is 0 Å². The summed E-state index contributed by atoms with van der Waals surface area (Å²) in [5.41, 5.74) is 2.96. The number of aliphatic hydroxyl groups excluding tert-OH is 1. The molecule has 1 aromatic rings. The van der Waals surface area contributed by atoms with E-state index in [9.17, 15) is 9.90 Å². The van der Waals surface area contributed by atoms with Gasteiger partial charge >= 0.3 is 0 Å². The topological polar surface area (TPSA) is 40.5 Å². The van der Waals surface area contributed by atoms with Crippen LogP contribution in [0.5, 0.6) is 0 Å². The molecule has 1 aliphatic rings. The molecule has 0 saturated carbocycles. The molecule has 1 saturated heterocycles. The second kappa shape index (κ2) is 5.53. The number of hydrogen-bond donors (Lipinski definition) is 1. The first kappa shape index (κ1) is 13.1. The standard InChI is InChI=1S/C15H21NO2/c1-11-7-12(2)9-13(8-11)15(18)16-6-4-3-5-14(16)10-17/h7-9,14,17H,3-6,10H2,1-2H3. The molecule has 18 heavy (non-hydrogen) atoms. The lowest BCUT2D eigenvalue weighted by Gasteiger charge is -2.34. The van der Waals surface area contributed by atoms with Gasteiger partial charge in [-0.05, 0) is 45.2 Å². The molecule has 98 valence electrons. The Morgan fingerprint density at radius 2 is 1.94 bits per heavy atom. The highest BCUT2D eigenvalue weighted by Crippen LogP contribution is 2.20. The largest absolute Gasteiger partial charge is 0.394 e. The van der Waals surface area contributed by atoms with Crippen LogP contribution in [0.25, 0.3) is 0 Å². The Hall–Kier alpha value is -1.35. The number of carbonyl (C=O) groups is 1. The summed E-state index contributed by atoms with van der Waals surface area (Å²) in [6.07, 6.45) is 3.04. The molecular formula is C15H21NO2. The minimum absolute atomic E-state index is 0.00734. The van der Waals surface area contributed by atoms with Crippen molar-refractivity contribution in [2.24, 2.45) is 0 Å². The SMILES string of the molecule is Cc1cc(C)cc(C(=O)N2CCCCC2CO)c1. The van der Waals surface area contributed by atoms with Crippen molar-refractivity contribution in [3.8, 4) is 0 Å². The number of aliphatic hydroxyl groups is 1. The third-order valence-corrected chi connectivity index (χ3v) is 3.57. The summed E-state index contributed by atoms with van der Waals surface area (Å²) in [6.45, 7) is 4.83. The number of rotatable bonds is 2. The Labute approximate surface area is 108 Å². The van der Waals surface area contributed by atoms with Crippen molar-refractivity contribution < 1.29 is 9.90 Å². The average Bonchev–Trinajstić information content (AvgIpc) is 2.36. The molecule has 1 heterocycles. The third-order valence-electron chi connectivity index (χ3n) is 3.57. The van der Waals surface area contributed by atoms with Gasteiger partial charge in [-0.1, -0.05) is 17.2 Å². The van der Waals surface area contributed by atoms with Crippen molar-refractivity contribution in [2.75, 3.05) is 13.2 Å². The molecule has 0 aliphatic carbocycles. The van der Waals surface area contributed by atoms with E-state index in [0.717, 1.165) is 42.5 Å². The number of amides is 1. The van der Waals surface area contributed by atoms with Crippen molar-refractivity contribution in [3.05, 3.63) is 34.9 Å². The van der Waals surface area contributed by atoms with Crippen LogP contribution >= 0.6 is 0 Å². The van der Waals surface area contributed by atoms with Crippen molar-refractivity contribution in [1.82, 2.24) is 4.90 Å². The van der Waals surface area contributed by atoms with E-state index in [2.05, 4.69) is 6.07 Å². The quantitative estimate of drug-likeness (QED) is 0.871. The minimum Gasteiger partial charge on any atom is -0.394 e. The molecule has 1 amide bonds. The fourth-order valence-electron chi connectivity index (χ4n) is 2.72. The summed E-state index contributed by atoms with van der Waals surface area (Å²) >= 11 is 0. The van der Waals surface area contributed by atoms with Gasteiger partial charge in [-0.2, -0.15) is 0 Å². The molecule has 0 aromatic heterocycles. The smallest absolute Gasteiger partial charge is 0.254 e. The van der Waals surface area contributed by atoms with E-state index >= 15 is 0 Å². The van der Waals surface area contributed by atoms with Crippen LogP contribution in [0.1, 0.15) is 40.7 Å². The second-order valence-corrected chi connectivity index (χ2v) is 5.21. The molecular weight excluding hydrogens is 226 g/mol. The van der Waals surface area contributed by atoms with E-state index in [-0.39, 0.29) is 18.6 Å². The van der Waals surface area contributed by atoms with Gasteiger partial charge in [-0.3, -0.25) is 4.79 Å². The zero-order valence-corrected chi connectivity index (χ0v) is 11.1. The maximum atomic E-state index is 12.5. The van der Waals surface area contributed by atoms with Crippen LogP contribution in [0.4, 0.5) is 0 Å². The Balaban J connectivity index is 2.23. The van der Waals surface area contributed by atoms with Gasteiger partial charge in [0.1, 0.15) is 0 Å². The zero-order valence-electron chi connectivity index (χ0n) is 11.1. The number of aryl methyl sites for hydroxylation is 2. The maximum Gasteiger partial charge on any atom is 0.254 e. The molecule has 3 heteroatoms. The molecule has 1 aliphatic heterocycles. The normalized spacial score (nSPS) is 19.9. The maximum absolute atomic E-state index is 12.5. The zero-order chi connectivity index (χ0) is 13.1. The molecule has 1 atom stereocenters. The highest BCUT2D eigenvalue weighted by molar-refractivity contribution is 5.94. The van der Waals surface area contributed by atoms with Gasteiger partial charge in [-0.25, -0.2) is 0 Å². The van der Waals surface area contributed by atoms with Crippen LogP contribution in [0, 0.1) is 13.8 Å². The monoisotopic (exact) mass is 247 g/mol. The molecule has 0 radical (unpaired) electrons. The number of nitrogens with zero attached hydrogens (tertiary/aromatic N) is 1. The molecule has 0 bridgehead atoms. The molecule has 3 nitrogen and oxygen atoms in total. The third kappa shape index (κ3) is 2.72. The number of carbonyl (C=O) groups excluding carboxylic acids is 1. The predicted octanol–water partition coefficient (Wildman–Crippen LogP) is 2.29. The van der Waals surface area contributed by atoms with Gasteiger partial charge in [0.2, 0.25) is 0 Å². The molecule has 1 unspecified atom stereocenters. The Bertz CT molecular complexity index is 422. The second-order valence-electron chi connectivity index (χ2n) is 5.21. The van der Waals surface area contributed by atoms with Crippen LogP contribution in [0.3, 0.4) is 0 Å². The number of benzene rings is 1. The molecule has 1 fully saturated rings. The molecule has 1 aromatic carbocycles. The van der Waals surface area contributed by atoms with Gasteiger partial charge in [0.05, 0.1) is 12.6 Å². The Morgan fingerprint density at radius 1 is 1.28 bits per heavy atom. The summed E-state index contributed by atoms with van der Waals surface area (Å²) in [5.74, 6) is 0.0561. The van der Waals surface area contributed by atoms with Crippen molar-refractivity contribution in [3.63, 3.8) is 0 Å². The van der Waals surface area contributed by atoms with Crippen LogP contribution in [0.2, 0.25) is 0 Å². The van der Waals surface area contributed by atoms with Crippen molar-refractivity contribution >= 4 is 5.91 Å². The minimum atomic E-state index is -0.00734. The first-order valence-corrected chi connectivity index (χ1v) is 6.62. The number of piperidine rings is 1. The lowest BCUT2D eigenvalue weighted by Crippen LogP contribution is -2.45. The summed E-state index contributed by atoms with van der Waals surface area (Å²) in [4.78, 5) is 14.3. The van der Waals surface area contributed by atoms with Crippen LogP contribution < -0.4 is 0 Å². The van der Waals surface area contributed by atoms with E-state index in [0.29, 0.717) is 0 Å². The Morgan fingerprint density at radius 3 is 2.56 bits per heavy atom. The number of likely N-dealkylation sites (tertiary alicyclic amines) is 1. The summed E-state index contributed by atoms with van der Waals surface area (Å²) in [5, 5.41) is 9.37. The first-order valence-electron chi connectivity index (χ1n) is 6.62. The van der Waals surface area contributed by atoms with Gasteiger partial charge in [0.15, 0.2) is 0 Å². The highest BCUT2D eigenvalue weighted by atomic mass is 16.3. The fourth-order valence-corrected chi connectivity index (χ4v) is 2.72. The van der Waals surface area contributed by atoms with Crippen molar-refractivity contribution in [1.29, 1.82) is 0 Å². The predicted molar refractivity (Wildman–Crippen MR) is 71.7 cm³/mol. The van der Waals surface area contributed by atoms with Gasteiger partial charge in [0.25, 0.3) is 5.91 Å². The number of hydrogen-bond acceptors (Lipinski definition) is 2. The average molecular weight is 247 g/mol. The molecule has 2 rings (SSSR count). The summed E-state index contributed by atoms with van der Waals surface area (Å²) < 4.78 is 0. The van der Waals surface area contributed by atoms with Gasteiger partial charge in [-0.15, -0.1) is 0 Å². The van der Waals surface area contributed by atoms with Crippen molar-refractivity contribution in [2.45, 2.75) is 39.2 Å². The summed E-state index contributed by atoms with van der Waals surface area (Å²) in [6, 6.07) is 5.92. The Kier molecular flexibility index (Phi) is 4.02. The molecule has 1 N–H and O–H groups in total. The fraction of sp³-hybridized carbons (Fsp3) is 0.533. The lowest BCUT2D eigenvalue weighted by molar-refractivity contribution is 0.0503. The van der Waals surface area contributed by atoms with Crippen LogP contribution in [-0.4, -0.2) is 35.1 Å².